The van der Waals surface area contributed by atoms with Crippen LogP contribution in [-0.4, -0.2) is 74.6 Å². The van der Waals surface area contributed by atoms with Crippen LogP contribution in [0.2, 0.25) is 0 Å². The number of rotatable bonds is 10. The van der Waals surface area contributed by atoms with Crippen molar-refractivity contribution < 1.29 is 9.59 Å². The highest BCUT2D eigenvalue weighted by molar-refractivity contribution is 6.06. The monoisotopic (exact) mass is 568 g/mol. The summed E-state index contributed by atoms with van der Waals surface area (Å²) in [5, 5.41) is 0. The van der Waals surface area contributed by atoms with Crippen molar-refractivity contribution in [2.75, 3.05) is 13.3 Å². The van der Waals surface area contributed by atoms with E-state index in [0.717, 1.165) is 0 Å². The van der Waals surface area contributed by atoms with Crippen molar-refractivity contribution in [3.63, 3.8) is 0 Å². The normalized spacial score (nSPS) is 28.3. The largest absolute Gasteiger partial charge is 0.329 e. The molecule has 1 aliphatic heterocycles. The smallest absolute Gasteiger partial charge is 0.296 e. The van der Waals surface area contributed by atoms with Gasteiger partial charge in [-0.1, -0.05) is 88.7 Å². The van der Waals surface area contributed by atoms with Crippen LogP contribution in [0.15, 0.2) is 11.6 Å². The maximum Gasteiger partial charge on any atom is 0.329 e. The molecule has 0 aromatic rings. The first-order valence-corrected chi connectivity index (χ1v) is 17.7. The van der Waals surface area contributed by atoms with E-state index < -0.39 is 5.54 Å². The van der Waals surface area contributed by atoms with E-state index in [1.807, 2.05) is 4.90 Å². The number of allylic oxidation sites excluding steroid dienone is 1. The van der Waals surface area contributed by atoms with E-state index in [0.29, 0.717) is 43.9 Å². The van der Waals surface area contributed by atoms with Crippen LogP contribution in [-0.2, 0) is 4.79 Å². The lowest BCUT2D eigenvalue weighted by Gasteiger charge is -2.45. The summed E-state index contributed by atoms with van der Waals surface area (Å²) in [6.45, 7) is 7.38. The van der Waals surface area contributed by atoms with Gasteiger partial charge in [0.15, 0.2) is 0 Å². The summed E-state index contributed by atoms with van der Waals surface area (Å²) in [5.41, 5.74) is 0.396. The zero-order valence-corrected chi connectivity index (χ0v) is 26.8. The van der Waals surface area contributed by atoms with Gasteiger partial charge in [0.1, 0.15) is 5.54 Å². The van der Waals surface area contributed by atoms with Crippen LogP contribution < -0.4 is 0 Å². The lowest BCUT2D eigenvalue weighted by molar-refractivity contribution is -0.135. The summed E-state index contributed by atoms with van der Waals surface area (Å²) in [6, 6.07) is 2.06. The molecule has 5 aliphatic rings. The van der Waals surface area contributed by atoms with Crippen LogP contribution >= 0.6 is 0 Å². The van der Waals surface area contributed by atoms with Crippen molar-refractivity contribution in [1.82, 2.24) is 19.6 Å². The maximum absolute atomic E-state index is 14.5. The highest BCUT2D eigenvalue weighted by atomic mass is 16.2. The van der Waals surface area contributed by atoms with Gasteiger partial charge in [0.05, 0.1) is 13.3 Å². The number of hydrogen-bond acceptors (Lipinski definition) is 4. The number of amides is 3. The molecule has 4 saturated carbocycles. The van der Waals surface area contributed by atoms with Crippen molar-refractivity contribution in [1.29, 1.82) is 0 Å². The predicted octanol–water partition coefficient (Wildman–Crippen LogP) is 8.22. The molecule has 5 fully saturated rings. The zero-order valence-electron chi connectivity index (χ0n) is 26.8. The van der Waals surface area contributed by atoms with E-state index in [1.165, 1.54) is 134 Å². The predicted molar refractivity (Wildman–Crippen MR) is 167 cm³/mol. The van der Waals surface area contributed by atoms with Gasteiger partial charge >= 0.3 is 6.03 Å². The van der Waals surface area contributed by atoms with E-state index >= 15 is 0 Å². The molecule has 6 heteroatoms. The first kappa shape index (κ1) is 31.0. The van der Waals surface area contributed by atoms with Gasteiger partial charge in [-0.3, -0.25) is 19.5 Å². The lowest BCUT2D eigenvalue weighted by atomic mass is 9.88. The molecule has 41 heavy (non-hydrogen) atoms. The molecule has 0 aromatic heterocycles. The second-order valence-corrected chi connectivity index (χ2v) is 14.7. The Morgan fingerprint density at radius 2 is 1.02 bits per heavy atom. The third-order valence-corrected chi connectivity index (χ3v) is 11.5. The SMILES string of the molecule is CC(C)=CCC1(C)C(=O)N(CN(C2CCCCC2)C2CCCCC2)C(=O)N1CN(C1CCCCC1)C1CCCCC1. The van der Waals surface area contributed by atoms with Crippen molar-refractivity contribution in [3.05, 3.63) is 11.6 Å². The molecular weight excluding hydrogens is 508 g/mol. The van der Waals surface area contributed by atoms with Crippen molar-refractivity contribution in [3.8, 4) is 0 Å². The van der Waals surface area contributed by atoms with Crippen molar-refractivity contribution in [2.24, 2.45) is 0 Å². The summed E-state index contributed by atoms with van der Waals surface area (Å²) in [5.74, 6) is 0.0313. The molecular formula is C35H60N4O2. The Balaban J connectivity index is 1.43. The molecule has 1 saturated heterocycles. The second-order valence-electron chi connectivity index (χ2n) is 14.7. The highest BCUT2D eigenvalue weighted by Crippen LogP contribution is 2.38. The van der Waals surface area contributed by atoms with E-state index in [9.17, 15) is 9.59 Å². The third kappa shape index (κ3) is 7.22. The highest BCUT2D eigenvalue weighted by Gasteiger charge is 2.55. The fraction of sp³-hybridized carbons (Fsp3) is 0.886. The minimum atomic E-state index is -0.819. The number of carbonyl (C=O) groups is 2. The number of imide groups is 1. The molecule has 1 unspecified atom stereocenters. The van der Waals surface area contributed by atoms with Crippen molar-refractivity contribution in [2.45, 2.75) is 185 Å². The van der Waals surface area contributed by atoms with Crippen LogP contribution in [0.5, 0.6) is 0 Å². The van der Waals surface area contributed by atoms with Gasteiger partial charge in [0, 0.05) is 24.2 Å². The Labute approximate surface area is 251 Å². The molecule has 4 aliphatic carbocycles. The molecule has 232 valence electrons. The van der Waals surface area contributed by atoms with Crippen LogP contribution in [0.3, 0.4) is 0 Å². The Morgan fingerprint density at radius 3 is 1.39 bits per heavy atom. The zero-order chi connectivity index (χ0) is 28.8. The van der Waals surface area contributed by atoms with Gasteiger partial charge in [-0.15, -0.1) is 0 Å². The molecule has 0 spiro atoms. The molecule has 1 heterocycles. The second kappa shape index (κ2) is 14.4. The van der Waals surface area contributed by atoms with E-state index in [-0.39, 0.29) is 11.9 Å². The summed E-state index contributed by atoms with van der Waals surface area (Å²) in [4.78, 5) is 38.1. The molecule has 1 atom stereocenters. The first-order chi connectivity index (χ1) is 19.9. The maximum atomic E-state index is 14.5. The number of nitrogens with zero attached hydrogens (tertiary/aromatic N) is 4. The van der Waals surface area contributed by atoms with E-state index in [2.05, 4.69) is 36.6 Å². The summed E-state index contributed by atoms with van der Waals surface area (Å²) in [7, 11) is 0. The number of urea groups is 1. The molecule has 0 bridgehead atoms. The Kier molecular flexibility index (Phi) is 10.9. The number of carbonyl (C=O) groups excluding carboxylic acids is 2. The molecule has 5 rings (SSSR count). The van der Waals surface area contributed by atoms with Crippen molar-refractivity contribution >= 4 is 11.9 Å². The summed E-state index contributed by atoms with van der Waals surface area (Å²) >= 11 is 0. The first-order valence-electron chi connectivity index (χ1n) is 17.7. The lowest BCUT2D eigenvalue weighted by Crippen LogP contribution is -2.56. The van der Waals surface area contributed by atoms with E-state index in [4.69, 9.17) is 0 Å². The fourth-order valence-electron chi connectivity index (χ4n) is 8.83. The van der Waals surface area contributed by atoms with Crippen LogP contribution in [0.25, 0.3) is 0 Å². The van der Waals surface area contributed by atoms with Gasteiger partial charge in [-0.25, -0.2) is 9.69 Å². The van der Waals surface area contributed by atoms with Gasteiger partial charge in [0.2, 0.25) is 0 Å². The van der Waals surface area contributed by atoms with Gasteiger partial charge in [-0.2, -0.15) is 0 Å². The van der Waals surface area contributed by atoms with Crippen LogP contribution in [0.4, 0.5) is 4.79 Å². The topological polar surface area (TPSA) is 47.1 Å². The molecule has 0 aromatic carbocycles. The Hall–Kier alpha value is -1.40. The standard InChI is InChI=1S/C35H60N4O2/c1-28(2)24-25-35(3)33(40)38(26-36(29-16-8-4-9-17-29)30-18-10-5-11-19-30)34(41)39(35)27-37(31-20-12-6-13-21-31)32-22-14-7-15-23-32/h24,29-32H,4-23,25-27H2,1-3H3. The van der Waals surface area contributed by atoms with Crippen LogP contribution in [0, 0.1) is 0 Å². The molecule has 0 radical (unpaired) electrons. The molecule has 3 amide bonds. The van der Waals surface area contributed by atoms with Gasteiger partial charge in [-0.05, 0) is 78.6 Å². The van der Waals surface area contributed by atoms with Gasteiger partial charge < -0.3 is 0 Å². The van der Waals surface area contributed by atoms with Gasteiger partial charge in [0.25, 0.3) is 5.91 Å². The Bertz CT molecular complexity index is 856. The molecule has 0 N–H and O–H groups in total. The minimum absolute atomic E-state index is 0.0313. The minimum Gasteiger partial charge on any atom is -0.296 e. The third-order valence-electron chi connectivity index (χ3n) is 11.5. The van der Waals surface area contributed by atoms with Crippen LogP contribution in [0.1, 0.15) is 156 Å². The number of hydrogen-bond donors (Lipinski definition) is 0. The van der Waals surface area contributed by atoms with E-state index in [1.54, 1.807) is 4.90 Å². The average molecular weight is 569 g/mol. The quantitative estimate of drug-likeness (QED) is 0.197. The fourth-order valence-corrected chi connectivity index (χ4v) is 8.83. The average Bonchev–Trinajstić information content (AvgIpc) is 3.19. The summed E-state index contributed by atoms with van der Waals surface area (Å²) < 4.78 is 0. The molecule has 6 nitrogen and oxygen atoms in total. The Morgan fingerprint density at radius 1 is 0.659 bits per heavy atom. The summed E-state index contributed by atoms with van der Waals surface area (Å²) in [6.07, 6.45) is 28.2.